The van der Waals surface area contributed by atoms with Crippen LogP contribution in [0.4, 0.5) is 26.2 Å². The molecule has 0 spiro atoms. The number of nitrogens with zero attached hydrogens (tertiary/aromatic N) is 6. The number of nitrogens with one attached hydrogen (secondary N) is 1. The predicted molar refractivity (Wildman–Crippen MR) is 112 cm³/mol. The Morgan fingerprint density at radius 2 is 1.74 bits per heavy atom. The van der Waals surface area contributed by atoms with Crippen molar-refractivity contribution in [3.63, 3.8) is 0 Å². The Labute approximate surface area is 182 Å². The van der Waals surface area contributed by atoms with Crippen LogP contribution in [0.25, 0.3) is 5.69 Å². The van der Waals surface area contributed by atoms with Gasteiger partial charge < -0.3 is 15.0 Å². The van der Waals surface area contributed by atoms with Crippen LogP contribution in [0.1, 0.15) is 0 Å². The summed E-state index contributed by atoms with van der Waals surface area (Å²) < 4.78 is 33.6. The molecule has 0 bridgehead atoms. The maximum absolute atomic E-state index is 13.5. The van der Waals surface area contributed by atoms with Crippen molar-refractivity contribution in [2.75, 3.05) is 49.6 Å². The minimum atomic E-state index is -0.689. The van der Waals surface area contributed by atoms with Gasteiger partial charge in [0.15, 0.2) is 0 Å². The van der Waals surface area contributed by atoms with E-state index in [4.69, 9.17) is 16.3 Å². The summed E-state index contributed by atoms with van der Waals surface area (Å²) in [4.78, 5) is 13.1. The summed E-state index contributed by atoms with van der Waals surface area (Å²) in [6.45, 7) is 5.33. The molecular weight excluding hydrogens is 428 g/mol. The molecule has 0 saturated carbocycles. The zero-order valence-electron chi connectivity index (χ0n) is 16.5. The lowest BCUT2D eigenvalue weighted by atomic mass is 10.1. The Bertz CT molecular complexity index is 1060. The maximum Gasteiger partial charge on any atom is 0.248 e. The second-order valence-electron chi connectivity index (χ2n) is 7.51. The summed E-state index contributed by atoms with van der Waals surface area (Å²) in [5.74, 6) is -0.655. The van der Waals surface area contributed by atoms with E-state index in [0.717, 1.165) is 51.1 Å². The molecule has 0 radical (unpaired) electrons. The van der Waals surface area contributed by atoms with Crippen molar-refractivity contribution in [2.45, 2.75) is 6.04 Å². The Balaban J connectivity index is 1.27. The van der Waals surface area contributed by atoms with Crippen LogP contribution in [0, 0.1) is 11.6 Å². The summed E-state index contributed by atoms with van der Waals surface area (Å²) in [7, 11) is 0. The maximum atomic E-state index is 13.5. The monoisotopic (exact) mass is 447 g/mol. The van der Waals surface area contributed by atoms with Crippen molar-refractivity contribution in [1.29, 1.82) is 0 Å². The van der Waals surface area contributed by atoms with Crippen molar-refractivity contribution in [3.05, 3.63) is 53.4 Å². The zero-order chi connectivity index (χ0) is 21.4. The minimum absolute atomic E-state index is 0.229. The van der Waals surface area contributed by atoms with E-state index in [9.17, 15) is 8.78 Å². The van der Waals surface area contributed by atoms with Crippen LogP contribution in [-0.4, -0.2) is 70.1 Å². The second-order valence-corrected chi connectivity index (χ2v) is 7.89. The normalized spacial score (nSPS) is 17.6. The molecule has 0 aliphatic carbocycles. The SMILES string of the molecule is Fc1cc(F)cc(-n2cnc(Nc3cc(N4CC(N5CCOCC5)C4)cc(Cl)n3)n2)c1. The smallest absolute Gasteiger partial charge is 0.248 e. The van der Waals surface area contributed by atoms with Crippen LogP contribution in [0.15, 0.2) is 36.7 Å². The number of aromatic nitrogens is 4. The average Bonchev–Trinajstić information content (AvgIpc) is 3.15. The van der Waals surface area contributed by atoms with Crippen LogP contribution in [-0.2, 0) is 4.74 Å². The van der Waals surface area contributed by atoms with Gasteiger partial charge in [-0.3, -0.25) is 4.90 Å². The molecule has 2 aliphatic rings. The molecule has 0 atom stereocenters. The number of pyridine rings is 1. The lowest BCUT2D eigenvalue weighted by molar-refractivity contribution is 0.0105. The van der Waals surface area contributed by atoms with Crippen molar-refractivity contribution in [2.24, 2.45) is 0 Å². The number of benzene rings is 1. The summed E-state index contributed by atoms with van der Waals surface area (Å²) >= 11 is 6.23. The first-order valence-corrected chi connectivity index (χ1v) is 10.3. The minimum Gasteiger partial charge on any atom is -0.379 e. The molecule has 2 saturated heterocycles. The van der Waals surface area contributed by atoms with Gasteiger partial charge in [0.05, 0.1) is 18.9 Å². The number of rotatable bonds is 5. The Morgan fingerprint density at radius 3 is 2.48 bits per heavy atom. The highest BCUT2D eigenvalue weighted by Gasteiger charge is 2.33. The van der Waals surface area contributed by atoms with Gasteiger partial charge in [0.25, 0.3) is 0 Å². The molecule has 2 aliphatic heterocycles. The molecule has 162 valence electrons. The molecular formula is C20H20ClF2N7O. The van der Waals surface area contributed by atoms with Gasteiger partial charge in [-0.1, -0.05) is 11.6 Å². The standard InChI is InChI=1S/C20H20ClF2N7O/c21-18-8-15(29-10-17(11-29)28-1-3-31-4-2-28)9-19(25-18)26-20-24-12-30(27-20)16-6-13(22)5-14(23)7-16/h5-9,12,17H,1-4,10-11H2,(H,25,26,27). The molecule has 2 aromatic heterocycles. The van der Waals surface area contributed by atoms with Gasteiger partial charge in [0.2, 0.25) is 5.95 Å². The molecule has 4 heterocycles. The van der Waals surface area contributed by atoms with Crippen LogP contribution in [0.3, 0.4) is 0 Å². The second kappa shape index (κ2) is 8.37. The number of anilines is 3. The number of hydrogen-bond donors (Lipinski definition) is 1. The van der Waals surface area contributed by atoms with E-state index in [1.165, 1.54) is 23.1 Å². The third-order valence-corrected chi connectivity index (χ3v) is 5.61. The number of halogens is 3. The molecule has 1 N–H and O–H groups in total. The lowest BCUT2D eigenvalue weighted by Gasteiger charge is -2.47. The molecule has 0 unspecified atom stereocenters. The summed E-state index contributed by atoms with van der Waals surface area (Å²) in [5, 5.41) is 7.57. The van der Waals surface area contributed by atoms with Crippen LogP contribution >= 0.6 is 11.6 Å². The largest absolute Gasteiger partial charge is 0.379 e. The van der Waals surface area contributed by atoms with Crippen molar-refractivity contribution >= 4 is 29.1 Å². The third kappa shape index (κ3) is 4.46. The highest BCUT2D eigenvalue weighted by molar-refractivity contribution is 6.29. The highest BCUT2D eigenvalue weighted by atomic mass is 35.5. The first-order chi connectivity index (χ1) is 15.0. The van der Waals surface area contributed by atoms with Gasteiger partial charge in [-0.15, -0.1) is 5.10 Å². The van der Waals surface area contributed by atoms with E-state index < -0.39 is 11.6 Å². The summed E-state index contributed by atoms with van der Waals surface area (Å²) in [5.41, 5.74) is 1.19. The van der Waals surface area contributed by atoms with Crippen LogP contribution in [0.2, 0.25) is 5.15 Å². The Morgan fingerprint density at radius 1 is 1.00 bits per heavy atom. The van der Waals surface area contributed by atoms with Gasteiger partial charge in [-0.2, -0.15) is 4.98 Å². The van der Waals surface area contributed by atoms with E-state index in [-0.39, 0.29) is 11.6 Å². The van der Waals surface area contributed by atoms with E-state index >= 15 is 0 Å². The summed E-state index contributed by atoms with van der Waals surface area (Å²) in [6.07, 6.45) is 1.37. The van der Waals surface area contributed by atoms with Crippen LogP contribution < -0.4 is 10.2 Å². The van der Waals surface area contributed by atoms with E-state index in [0.29, 0.717) is 17.0 Å². The van der Waals surface area contributed by atoms with Crippen molar-refractivity contribution in [1.82, 2.24) is 24.6 Å². The van der Waals surface area contributed by atoms with Gasteiger partial charge in [-0.05, 0) is 18.2 Å². The topological polar surface area (TPSA) is 71.3 Å². The fraction of sp³-hybridized carbons (Fsp3) is 0.350. The molecule has 31 heavy (non-hydrogen) atoms. The van der Waals surface area contributed by atoms with E-state index in [1.807, 2.05) is 12.1 Å². The molecule has 11 heteroatoms. The zero-order valence-corrected chi connectivity index (χ0v) is 17.3. The van der Waals surface area contributed by atoms with Gasteiger partial charge >= 0.3 is 0 Å². The quantitative estimate of drug-likeness (QED) is 0.603. The predicted octanol–water partition coefficient (Wildman–Crippen LogP) is 2.86. The number of morpholine rings is 1. The molecule has 2 fully saturated rings. The van der Waals surface area contributed by atoms with Crippen LogP contribution in [0.5, 0.6) is 0 Å². The highest BCUT2D eigenvalue weighted by Crippen LogP contribution is 2.29. The number of ether oxygens (including phenoxy) is 1. The molecule has 5 rings (SSSR count). The first-order valence-electron chi connectivity index (χ1n) is 9.93. The van der Waals surface area contributed by atoms with E-state index in [2.05, 4.69) is 30.2 Å². The molecule has 0 amide bonds. The molecule has 1 aromatic carbocycles. The first kappa shape index (κ1) is 20.1. The Kier molecular flexibility index (Phi) is 5.43. The third-order valence-electron chi connectivity index (χ3n) is 5.41. The Hall–Kier alpha value is -2.82. The average molecular weight is 448 g/mol. The van der Waals surface area contributed by atoms with Crippen molar-refractivity contribution < 1.29 is 13.5 Å². The van der Waals surface area contributed by atoms with Crippen molar-refractivity contribution in [3.8, 4) is 5.69 Å². The summed E-state index contributed by atoms with van der Waals surface area (Å²) in [6, 6.07) is 7.36. The van der Waals surface area contributed by atoms with Gasteiger partial charge in [-0.25, -0.2) is 18.4 Å². The fourth-order valence-electron chi connectivity index (χ4n) is 3.80. The lowest BCUT2D eigenvalue weighted by Crippen LogP contribution is -2.61. The van der Waals surface area contributed by atoms with E-state index in [1.54, 1.807) is 0 Å². The fourth-order valence-corrected chi connectivity index (χ4v) is 4.00. The molecule has 3 aromatic rings. The molecule has 8 nitrogen and oxygen atoms in total. The van der Waals surface area contributed by atoms with Gasteiger partial charge in [0, 0.05) is 50.0 Å². The number of hydrogen-bond acceptors (Lipinski definition) is 7. The van der Waals surface area contributed by atoms with Gasteiger partial charge in [0.1, 0.15) is 28.9 Å².